The molecule has 0 unspecified atom stereocenters. The van der Waals surface area contributed by atoms with Crippen molar-refractivity contribution in [3.63, 3.8) is 0 Å². The molecule has 1 heterocycles. The molecule has 0 aromatic carbocycles. The number of ether oxygens (including phenoxy) is 1. The Bertz CT molecular complexity index is 434. The van der Waals surface area contributed by atoms with Crippen LogP contribution in [-0.2, 0) is 10.9 Å². The number of rotatable bonds is 1. The average molecular weight is 268 g/mol. The third-order valence-corrected chi connectivity index (χ3v) is 2.26. The van der Waals surface area contributed by atoms with E-state index in [1.807, 2.05) is 0 Å². The van der Waals surface area contributed by atoms with Crippen molar-refractivity contribution in [3.05, 3.63) is 11.3 Å². The molecule has 8 heteroatoms. The van der Waals surface area contributed by atoms with Gasteiger partial charge in [-0.2, -0.15) is 17.5 Å². The molecule has 1 rings (SSSR count). The summed E-state index contributed by atoms with van der Waals surface area (Å²) in [5.41, 5.74) is 2.41. The summed E-state index contributed by atoms with van der Waals surface area (Å²) in [7, 11) is 0. The summed E-state index contributed by atoms with van der Waals surface area (Å²) in [5, 5.41) is -0.299. The first-order valence-corrected chi connectivity index (χ1v) is 5.35. The quantitative estimate of drug-likeness (QED) is 0.795. The van der Waals surface area contributed by atoms with E-state index in [1.165, 1.54) is 0 Å². The second-order valence-corrected chi connectivity index (χ2v) is 5.08. The lowest BCUT2D eigenvalue weighted by atomic mass is 10.1. The molecule has 0 aliphatic heterocycles. The fourth-order valence-electron chi connectivity index (χ4n) is 1.02. The molecule has 96 valence electrons. The lowest BCUT2D eigenvalue weighted by Crippen LogP contribution is -2.25. The van der Waals surface area contributed by atoms with Crippen LogP contribution in [0.25, 0.3) is 0 Å². The van der Waals surface area contributed by atoms with Crippen LogP contribution in [0, 0.1) is 0 Å². The number of nitrogen functional groups attached to an aromatic ring is 1. The maximum Gasteiger partial charge on any atom is 0.435 e. The Hall–Kier alpha value is -1.31. The molecule has 2 N–H and O–H groups in total. The van der Waals surface area contributed by atoms with Crippen molar-refractivity contribution in [2.75, 3.05) is 5.73 Å². The van der Waals surface area contributed by atoms with Crippen LogP contribution in [-0.4, -0.2) is 15.9 Å². The summed E-state index contributed by atoms with van der Waals surface area (Å²) in [6.45, 7) is 4.65. The standard InChI is InChI=1S/C9H11F3N2O2S/c1-8(2,3)16-7(15)4-5(9(10,11)12)14-17-6(4)13/h13H2,1-3H3. The Labute approximate surface area is 99.7 Å². The Kier molecular flexibility index (Phi) is 3.37. The first kappa shape index (κ1) is 13.8. The van der Waals surface area contributed by atoms with Crippen LogP contribution >= 0.6 is 11.5 Å². The molecule has 4 nitrogen and oxygen atoms in total. The third kappa shape index (κ3) is 3.32. The van der Waals surface area contributed by atoms with Gasteiger partial charge in [0.2, 0.25) is 0 Å². The number of aromatic nitrogens is 1. The highest BCUT2D eigenvalue weighted by Crippen LogP contribution is 2.36. The number of alkyl halides is 3. The molecule has 0 spiro atoms. The largest absolute Gasteiger partial charge is 0.456 e. The minimum absolute atomic E-state index is 0.299. The van der Waals surface area contributed by atoms with Gasteiger partial charge in [-0.25, -0.2) is 4.79 Å². The van der Waals surface area contributed by atoms with Gasteiger partial charge in [-0.1, -0.05) is 0 Å². The molecule has 17 heavy (non-hydrogen) atoms. The second kappa shape index (κ2) is 4.17. The molecule has 0 amide bonds. The molecular formula is C9H11F3N2O2S. The van der Waals surface area contributed by atoms with Crippen LogP contribution in [0.1, 0.15) is 36.8 Å². The van der Waals surface area contributed by atoms with Crippen molar-refractivity contribution in [1.82, 2.24) is 4.37 Å². The van der Waals surface area contributed by atoms with E-state index in [0.717, 1.165) is 0 Å². The van der Waals surface area contributed by atoms with E-state index in [4.69, 9.17) is 10.5 Å². The van der Waals surface area contributed by atoms with E-state index < -0.39 is 29.0 Å². The molecule has 0 bridgehead atoms. The maximum absolute atomic E-state index is 12.5. The zero-order valence-electron chi connectivity index (χ0n) is 9.38. The van der Waals surface area contributed by atoms with Gasteiger partial charge >= 0.3 is 12.1 Å². The van der Waals surface area contributed by atoms with Crippen LogP contribution in [0.2, 0.25) is 0 Å². The lowest BCUT2D eigenvalue weighted by Gasteiger charge is -2.19. The summed E-state index contributed by atoms with van der Waals surface area (Å²) in [4.78, 5) is 11.6. The zero-order chi connectivity index (χ0) is 13.4. The second-order valence-electron chi connectivity index (χ2n) is 4.27. The van der Waals surface area contributed by atoms with Crippen LogP contribution in [0.4, 0.5) is 18.2 Å². The number of nitrogens with two attached hydrogens (primary N) is 1. The molecule has 1 aromatic rings. The number of carbonyl (C=O) groups is 1. The minimum atomic E-state index is -4.72. The van der Waals surface area contributed by atoms with E-state index in [-0.39, 0.29) is 5.00 Å². The molecule has 0 aliphatic rings. The molecule has 0 fully saturated rings. The molecule has 0 atom stereocenters. The number of esters is 1. The molecular weight excluding hydrogens is 257 g/mol. The molecule has 1 aromatic heterocycles. The SMILES string of the molecule is CC(C)(C)OC(=O)c1c(C(F)(F)F)nsc1N. The van der Waals surface area contributed by atoms with E-state index >= 15 is 0 Å². The Morgan fingerprint density at radius 1 is 1.35 bits per heavy atom. The number of anilines is 1. The molecule has 0 saturated carbocycles. The van der Waals surface area contributed by atoms with Crippen molar-refractivity contribution in [1.29, 1.82) is 0 Å². The number of carbonyl (C=O) groups excluding carboxylic acids is 1. The maximum atomic E-state index is 12.5. The summed E-state index contributed by atoms with van der Waals surface area (Å²) >= 11 is 0.419. The minimum Gasteiger partial charge on any atom is -0.456 e. The van der Waals surface area contributed by atoms with E-state index in [1.54, 1.807) is 20.8 Å². The fourth-order valence-corrected chi connectivity index (χ4v) is 1.68. The van der Waals surface area contributed by atoms with Gasteiger partial charge in [-0.3, -0.25) is 0 Å². The smallest absolute Gasteiger partial charge is 0.435 e. The number of hydrogen-bond acceptors (Lipinski definition) is 5. The van der Waals surface area contributed by atoms with Crippen LogP contribution in [0.15, 0.2) is 0 Å². The average Bonchev–Trinajstić information content (AvgIpc) is 2.42. The van der Waals surface area contributed by atoms with Gasteiger partial charge < -0.3 is 10.5 Å². The van der Waals surface area contributed by atoms with Gasteiger partial charge in [-0.05, 0) is 32.3 Å². The molecule has 0 saturated heterocycles. The highest BCUT2D eigenvalue weighted by Gasteiger charge is 2.41. The zero-order valence-corrected chi connectivity index (χ0v) is 10.2. The van der Waals surface area contributed by atoms with Crippen molar-refractivity contribution in [3.8, 4) is 0 Å². The highest BCUT2D eigenvalue weighted by molar-refractivity contribution is 7.10. The monoisotopic (exact) mass is 268 g/mol. The predicted octanol–water partition coefficient (Wildman–Crippen LogP) is 2.70. The van der Waals surface area contributed by atoms with Crippen LogP contribution in [0.3, 0.4) is 0 Å². The van der Waals surface area contributed by atoms with Crippen molar-refractivity contribution in [2.24, 2.45) is 0 Å². The van der Waals surface area contributed by atoms with Gasteiger partial charge in [0, 0.05) is 0 Å². The van der Waals surface area contributed by atoms with E-state index in [2.05, 4.69) is 4.37 Å². The Morgan fingerprint density at radius 2 is 1.88 bits per heavy atom. The fraction of sp³-hybridized carbons (Fsp3) is 0.556. The summed E-state index contributed by atoms with van der Waals surface area (Å²) in [6.07, 6.45) is -4.72. The molecule has 0 aliphatic carbocycles. The number of nitrogens with zero attached hydrogens (tertiary/aromatic N) is 1. The van der Waals surface area contributed by atoms with E-state index in [0.29, 0.717) is 11.5 Å². The van der Waals surface area contributed by atoms with Crippen molar-refractivity contribution < 1.29 is 22.7 Å². The summed E-state index contributed by atoms with van der Waals surface area (Å²) in [5.74, 6) is -1.11. The lowest BCUT2D eigenvalue weighted by molar-refractivity contribution is -0.141. The predicted molar refractivity (Wildman–Crippen MR) is 56.7 cm³/mol. The first-order valence-electron chi connectivity index (χ1n) is 4.58. The van der Waals surface area contributed by atoms with Gasteiger partial charge in [0.15, 0.2) is 5.69 Å². The number of halogens is 3. The summed E-state index contributed by atoms with van der Waals surface area (Å²) in [6, 6.07) is 0. The Balaban J connectivity index is 3.14. The highest BCUT2D eigenvalue weighted by atomic mass is 32.1. The van der Waals surface area contributed by atoms with Gasteiger partial charge in [0.05, 0.1) is 0 Å². The van der Waals surface area contributed by atoms with E-state index in [9.17, 15) is 18.0 Å². The van der Waals surface area contributed by atoms with Gasteiger partial charge in [0.1, 0.15) is 16.2 Å². The van der Waals surface area contributed by atoms with Crippen LogP contribution in [0.5, 0.6) is 0 Å². The topological polar surface area (TPSA) is 65.2 Å². The molecule has 0 radical (unpaired) electrons. The van der Waals surface area contributed by atoms with Gasteiger partial charge in [-0.15, -0.1) is 0 Å². The Morgan fingerprint density at radius 3 is 2.29 bits per heavy atom. The van der Waals surface area contributed by atoms with Gasteiger partial charge in [0.25, 0.3) is 0 Å². The summed E-state index contributed by atoms with van der Waals surface area (Å²) < 4.78 is 45.6. The van der Waals surface area contributed by atoms with Crippen molar-refractivity contribution >= 4 is 22.5 Å². The first-order chi connectivity index (χ1) is 7.52. The normalized spacial score (nSPS) is 12.6. The third-order valence-electron chi connectivity index (χ3n) is 1.59. The van der Waals surface area contributed by atoms with Crippen molar-refractivity contribution in [2.45, 2.75) is 32.5 Å². The number of hydrogen-bond donors (Lipinski definition) is 1. The van der Waals surface area contributed by atoms with Crippen LogP contribution < -0.4 is 5.73 Å².